The highest BCUT2D eigenvalue weighted by Gasteiger charge is 2.43. The largest absolute Gasteiger partial charge is 0.478 e. The maximum atomic E-state index is 13.0. The Kier molecular flexibility index (Phi) is 10.4. The Balaban J connectivity index is 3.38. The monoisotopic (exact) mass is 457 g/mol. The molecule has 0 aliphatic heterocycles. The van der Waals surface area contributed by atoms with Gasteiger partial charge >= 0.3 is 13.7 Å². The number of rotatable bonds is 13. The van der Waals surface area contributed by atoms with Crippen LogP contribution in [-0.4, -0.2) is 63.3 Å². The van der Waals surface area contributed by atoms with Crippen molar-refractivity contribution in [3.63, 3.8) is 0 Å². The fourth-order valence-electron chi connectivity index (χ4n) is 3.02. The average Bonchev–Trinajstić information content (AvgIpc) is 2.60. The molecule has 0 amide bonds. The zero-order chi connectivity index (χ0) is 22.2. The van der Waals surface area contributed by atoms with Crippen LogP contribution in [0.25, 0.3) is 0 Å². The summed E-state index contributed by atoms with van der Waals surface area (Å²) in [6, 6.07) is -0.975. The van der Waals surface area contributed by atoms with Crippen LogP contribution in [-0.2, 0) is 37.4 Å². The van der Waals surface area contributed by atoms with Crippen LogP contribution in [0.3, 0.4) is 0 Å². The summed E-state index contributed by atoms with van der Waals surface area (Å²) in [5.74, 6) is -1.21. The van der Waals surface area contributed by atoms with E-state index in [1.54, 1.807) is 13.8 Å². The normalized spacial score (nSPS) is 23.2. The van der Waals surface area contributed by atoms with Crippen molar-refractivity contribution in [2.24, 2.45) is 0 Å². The van der Waals surface area contributed by atoms with Crippen molar-refractivity contribution in [1.82, 2.24) is 5.09 Å². The standard InChI is InChI=1S/C17H32NO9PS/c1-6-13(7-2)26-14-10-12(17(19)20)11-15(27-29(5,22)23)16(14)18-28(21,24-8-3)25-9-4/h10,13-16H,6-9,11H2,1-5H3,(H,18,21)(H,19,20)/t14-,15+,16+/m1/s1. The number of carboxylic acids is 1. The van der Waals surface area contributed by atoms with Gasteiger partial charge in [-0.2, -0.15) is 8.42 Å². The predicted octanol–water partition coefficient (Wildman–Crippen LogP) is 2.46. The molecule has 10 nitrogen and oxygen atoms in total. The van der Waals surface area contributed by atoms with E-state index in [1.807, 2.05) is 13.8 Å². The molecule has 29 heavy (non-hydrogen) atoms. The van der Waals surface area contributed by atoms with E-state index in [1.165, 1.54) is 6.08 Å². The summed E-state index contributed by atoms with van der Waals surface area (Å²) in [5.41, 5.74) is -0.0460. The van der Waals surface area contributed by atoms with Crippen LogP contribution in [0.15, 0.2) is 11.6 Å². The zero-order valence-corrected chi connectivity index (χ0v) is 19.2. The highest BCUT2D eigenvalue weighted by molar-refractivity contribution is 7.86. The van der Waals surface area contributed by atoms with Gasteiger partial charge in [-0.3, -0.25) is 13.2 Å². The average molecular weight is 457 g/mol. The Labute approximate surface area is 172 Å². The molecule has 0 aromatic carbocycles. The lowest BCUT2D eigenvalue weighted by Gasteiger charge is -2.38. The molecular formula is C17H32NO9PS. The van der Waals surface area contributed by atoms with Gasteiger partial charge in [-0.25, -0.2) is 14.4 Å². The van der Waals surface area contributed by atoms with Gasteiger partial charge in [0.25, 0.3) is 10.1 Å². The number of hydrogen-bond donors (Lipinski definition) is 2. The lowest BCUT2D eigenvalue weighted by Crippen LogP contribution is -2.53. The number of nitrogens with one attached hydrogen (secondary N) is 1. The highest BCUT2D eigenvalue weighted by atomic mass is 32.2. The van der Waals surface area contributed by atoms with Gasteiger partial charge < -0.3 is 9.84 Å². The third-order valence-corrected chi connectivity index (χ3v) is 6.69. The third kappa shape index (κ3) is 8.45. The van der Waals surface area contributed by atoms with Gasteiger partial charge in [0.2, 0.25) is 0 Å². The second-order valence-corrected chi connectivity index (χ2v) is 9.94. The van der Waals surface area contributed by atoms with E-state index in [-0.39, 0.29) is 31.3 Å². The summed E-state index contributed by atoms with van der Waals surface area (Å²) >= 11 is 0. The Morgan fingerprint density at radius 2 is 1.79 bits per heavy atom. The fourth-order valence-corrected chi connectivity index (χ4v) is 5.24. The van der Waals surface area contributed by atoms with Crippen LogP contribution in [0, 0.1) is 0 Å². The molecule has 2 N–H and O–H groups in total. The Morgan fingerprint density at radius 1 is 1.24 bits per heavy atom. The molecule has 0 unspecified atom stereocenters. The van der Waals surface area contributed by atoms with Gasteiger partial charge in [-0.15, -0.1) is 0 Å². The summed E-state index contributed by atoms with van der Waals surface area (Å²) < 4.78 is 58.3. The van der Waals surface area contributed by atoms with Crippen molar-refractivity contribution in [1.29, 1.82) is 0 Å². The van der Waals surface area contributed by atoms with Gasteiger partial charge in [0, 0.05) is 12.0 Å². The number of ether oxygens (including phenoxy) is 1. The van der Waals surface area contributed by atoms with Crippen LogP contribution < -0.4 is 5.09 Å². The molecular weight excluding hydrogens is 425 g/mol. The summed E-state index contributed by atoms with van der Waals surface area (Å²) in [4.78, 5) is 11.6. The van der Waals surface area contributed by atoms with Crippen molar-refractivity contribution in [2.75, 3.05) is 19.5 Å². The minimum absolute atomic E-state index is 0.0460. The van der Waals surface area contributed by atoms with Crippen molar-refractivity contribution in [3.05, 3.63) is 11.6 Å². The van der Waals surface area contributed by atoms with Crippen molar-refractivity contribution >= 4 is 23.8 Å². The molecule has 3 atom stereocenters. The van der Waals surface area contributed by atoms with Gasteiger partial charge in [0.1, 0.15) is 0 Å². The summed E-state index contributed by atoms with van der Waals surface area (Å²) in [6.45, 7) is 7.28. The van der Waals surface area contributed by atoms with E-state index >= 15 is 0 Å². The second-order valence-electron chi connectivity index (χ2n) is 6.57. The molecule has 1 rings (SSSR count). The molecule has 0 saturated carbocycles. The van der Waals surface area contributed by atoms with Crippen LogP contribution in [0.4, 0.5) is 0 Å². The van der Waals surface area contributed by atoms with Crippen LogP contribution >= 0.6 is 7.75 Å². The van der Waals surface area contributed by atoms with E-state index in [0.29, 0.717) is 12.8 Å². The third-order valence-electron chi connectivity index (χ3n) is 4.28. The molecule has 0 saturated heterocycles. The quantitative estimate of drug-likeness (QED) is 0.313. The molecule has 0 radical (unpaired) electrons. The minimum atomic E-state index is -3.94. The molecule has 0 fully saturated rings. The van der Waals surface area contributed by atoms with E-state index in [9.17, 15) is 22.9 Å². The molecule has 0 aromatic rings. The van der Waals surface area contributed by atoms with Gasteiger partial charge in [0.05, 0.1) is 43.8 Å². The first-order valence-electron chi connectivity index (χ1n) is 9.63. The van der Waals surface area contributed by atoms with Crippen LogP contribution in [0.5, 0.6) is 0 Å². The summed E-state index contributed by atoms with van der Waals surface area (Å²) in [5, 5.41) is 12.2. The molecule has 1 aliphatic rings. The van der Waals surface area contributed by atoms with Gasteiger partial charge in [-0.1, -0.05) is 13.8 Å². The van der Waals surface area contributed by atoms with Gasteiger partial charge in [-0.05, 0) is 32.8 Å². The Morgan fingerprint density at radius 3 is 2.21 bits per heavy atom. The topological polar surface area (TPSA) is 137 Å². The molecule has 1 aliphatic carbocycles. The molecule has 170 valence electrons. The molecule has 0 bridgehead atoms. The van der Waals surface area contributed by atoms with E-state index in [4.69, 9.17) is 18.0 Å². The highest BCUT2D eigenvalue weighted by Crippen LogP contribution is 2.46. The van der Waals surface area contributed by atoms with Crippen molar-refractivity contribution in [2.45, 2.75) is 71.3 Å². The van der Waals surface area contributed by atoms with Crippen molar-refractivity contribution < 1.29 is 40.9 Å². The predicted molar refractivity (Wildman–Crippen MR) is 107 cm³/mol. The molecule has 0 heterocycles. The smallest absolute Gasteiger partial charge is 0.405 e. The zero-order valence-electron chi connectivity index (χ0n) is 17.5. The Bertz CT molecular complexity index is 710. The minimum Gasteiger partial charge on any atom is -0.478 e. The number of carbonyl (C=O) groups is 1. The number of carboxylic acid groups (broad SMARTS) is 1. The SMILES string of the molecule is CCOP(=O)(N[C@@H]1[C@@H](OS(C)(=O)=O)CC(C(=O)O)=C[C@H]1OC(CC)CC)OCC. The molecule has 0 spiro atoms. The molecule has 0 aromatic heterocycles. The van der Waals surface area contributed by atoms with Crippen molar-refractivity contribution in [3.8, 4) is 0 Å². The first-order valence-corrected chi connectivity index (χ1v) is 13.0. The van der Waals surface area contributed by atoms with E-state index < -0.39 is 42.1 Å². The second kappa shape index (κ2) is 11.5. The maximum Gasteiger partial charge on any atom is 0.405 e. The Hall–Kier alpha value is -0.810. The lowest BCUT2D eigenvalue weighted by atomic mass is 9.90. The van der Waals surface area contributed by atoms with Crippen LogP contribution in [0.1, 0.15) is 47.0 Å². The first kappa shape index (κ1) is 26.2. The van der Waals surface area contributed by atoms with Gasteiger partial charge in [0.15, 0.2) is 0 Å². The maximum absolute atomic E-state index is 13.0. The lowest BCUT2D eigenvalue weighted by molar-refractivity contribution is -0.133. The number of hydrogen-bond acceptors (Lipinski definition) is 8. The molecule has 12 heteroatoms. The van der Waals surface area contributed by atoms with Crippen LogP contribution in [0.2, 0.25) is 0 Å². The first-order chi connectivity index (χ1) is 13.5. The van der Waals surface area contributed by atoms with E-state index in [0.717, 1.165) is 6.26 Å². The summed E-state index contributed by atoms with van der Waals surface area (Å²) in [6.07, 6.45) is 1.04. The number of aliphatic carboxylic acids is 1. The fraction of sp³-hybridized carbons (Fsp3) is 0.824. The summed E-state index contributed by atoms with van der Waals surface area (Å²) in [7, 11) is -7.75. The van der Waals surface area contributed by atoms with E-state index in [2.05, 4.69) is 5.09 Å².